The van der Waals surface area contributed by atoms with Gasteiger partial charge in [-0.25, -0.2) is 0 Å². The van der Waals surface area contributed by atoms with Gasteiger partial charge in [-0.3, -0.25) is 4.79 Å². The zero-order chi connectivity index (χ0) is 15.4. The second-order valence-corrected chi connectivity index (χ2v) is 4.75. The largest absolute Gasteiger partial charge is 0.375 e. The number of carbonyl (C=O) groups is 1. The summed E-state index contributed by atoms with van der Waals surface area (Å²) in [5, 5.41) is 9.15. The summed E-state index contributed by atoms with van der Waals surface area (Å²) in [6.45, 7) is 0. The van der Waals surface area contributed by atoms with Gasteiger partial charge in [-0.15, -0.1) is 0 Å². The van der Waals surface area contributed by atoms with Crippen molar-refractivity contribution in [3.05, 3.63) is 53.7 Å². The van der Waals surface area contributed by atoms with Crippen LogP contribution in [0.1, 0.15) is 5.69 Å². The van der Waals surface area contributed by atoms with Crippen molar-refractivity contribution in [1.82, 2.24) is 9.88 Å². The number of primary amides is 1. The maximum absolute atomic E-state index is 11.4. The molecule has 0 saturated carbocycles. The van der Waals surface area contributed by atoms with Crippen molar-refractivity contribution in [2.45, 2.75) is 0 Å². The fourth-order valence-corrected chi connectivity index (χ4v) is 2.14. The van der Waals surface area contributed by atoms with Crippen LogP contribution in [0.25, 0.3) is 17.0 Å². The van der Waals surface area contributed by atoms with Gasteiger partial charge in [0, 0.05) is 19.8 Å². The van der Waals surface area contributed by atoms with Gasteiger partial charge in [0.2, 0.25) is 0 Å². The number of nitrogens with one attached hydrogen (secondary N) is 1. The average Bonchev–Trinajstić information content (AvgIpc) is 2.93. The van der Waals surface area contributed by atoms with Crippen molar-refractivity contribution >= 4 is 11.6 Å². The van der Waals surface area contributed by atoms with Gasteiger partial charge >= 0.3 is 0 Å². The molecule has 3 N–H and O–H groups in total. The SMILES string of the molecule is CN(C)/C(=C(\C#N)C(N)=O)c1ccc(-c2ccccc2)[nH]1. The normalized spacial score (nSPS) is 11.5. The molecular formula is C16H16N4O. The fraction of sp³-hybridized carbons (Fsp3) is 0.125. The number of aromatic nitrogens is 1. The Morgan fingerprint density at radius 3 is 2.38 bits per heavy atom. The van der Waals surface area contributed by atoms with Gasteiger partial charge in [-0.1, -0.05) is 30.3 Å². The van der Waals surface area contributed by atoms with Gasteiger partial charge in [-0.05, 0) is 17.7 Å². The first-order chi connectivity index (χ1) is 10.0. The fourth-order valence-electron chi connectivity index (χ4n) is 2.14. The standard InChI is InChI=1S/C16H16N4O/c1-20(2)15(12(10-17)16(18)21)14-9-8-13(19-14)11-6-4-3-5-7-11/h3-9,19H,1-2H3,(H2,18,21)/b15-12+. The van der Waals surface area contributed by atoms with Crippen molar-refractivity contribution in [3.8, 4) is 17.3 Å². The number of hydrogen-bond donors (Lipinski definition) is 2. The third kappa shape index (κ3) is 2.95. The van der Waals surface area contributed by atoms with Gasteiger partial charge in [0.1, 0.15) is 11.6 Å². The summed E-state index contributed by atoms with van der Waals surface area (Å²) < 4.78 is 0. The molecule has 0 unspecified atom stereocenters. The minimum absolute atomic E-state index is 0.0681. The number of nitrogens with two attached hydrogens (primary N) is 1. The Balaban J connectivity index is 2.53. The highest BCUT2D eigenvalue weighted by Gasteiger charge is 2.17. The predicted molar refractivity (Wildman–Crippen MR) is 81.6 cm³/mol. The van der Waals surface area contributed by atoms with Crippen molar-refractivity contribution in [3.63, 3.8) is 0 Å². The molecule has 5 nitrogen and oxygen atoms in total. The molecule has 0 aliphatic rings. The molecule has 0 atom stereocenters. The zero-order valence-corrected chi connectivity index (χ0v) is 11.9. The lowest BCUT2D eigenvalue weighted by Gasteiger charge is -2.17. The van der Waals surface area contributed by atoms with E-state index in [0.29, 0.717) is 11.4 Å². The van der Waals surface area contributed by atoms with E-state index in [-0.39, 0.29) is 5.57 Å². The number of benzene rings is 1. The number of H-pyrrole nitrogens is 1. The molecule has 0 aliphatic heterocycles. The third-order valence-electron chi connectivity index (χ3n) is 3.07. The molecule has 0 fully saturated rings. The first kappa shape index (κ1) is 14.4. The van der Waals surface area contributed by atoms with E-state index < -0.39 is 5.91 Å². The van der Waals surface area contributed by atoms with Crippen LogP contribution in [-0.4, -0.2) is 29.9 Å². The molecule has 0 spiro atoms. The summed E-state index contributed by atoms with van der Waals surface area (Å²) in [5.41, 5.74) is 8.30. The molecule has 1 aromatic heterocycles. The molecule has 1 heterocycles. The number of nitrogens with zero attached hydrogens (tertiary/aromatic N) is 2. The summed E-state index contributed by atoms with van der Waals surface area (Å²) in [5.74, 6) is -0.739. The van der Waals surface area contributed by atoms with Crippen molar-refractivity contribution in [1.29, 1.82) is 5.26 Å². The number of rotatable bonds is 4. The zero-order valence-electron chi connectivity index (χ0n) is 11.9. The first-order valence-corrected chi connectivity index (χ1v) is 6.41. The summed E-state index contributed by atoms with van der Waals surface area (Å²) >= 11 is 0. The lowest BCUT2D eigenvalue weighted by Crippen LogP contribution is -2.20. The second kappa shape index (κ2) is 5.97. The quantitative estimate of drug-likeness (QED) is 0.663. The van der Waals surface area contributed by atoms with Crippen LogP contribution in [0.5, 0.6) is 0 Å². The van der Waals surface area contributed by atoms with Crippen LogP contribution in [0.2, 0.25) is 0 Å². The van der Waals surface area contributed by atoms with E-state index in [1.807, 2.05) is 48.5 Å². The van der Waals surface area contributed by atoms with Crippen molar-refractivity contribution < 1.29 is 4.79 Å². The van der Waals surface area contributed by atoms with Gasteiger partial charge in [0.25, 0.3) is 5.91 Å². The van der Waals surface area contributed by atoms with Gasteiger partial charge < -0.3 is 15.6 Å². The average molecular weight is 280 g/mol. The highest BCUT2D eigenvalue weighted by atomic mass is 16.1. The summed E-state index contributed by atoms with van der Waals surface area (Å²) in [6.07, 6.45) is 0. The van der Waals surface area contributed by atoms with E-state index in [1.165, 1.54) is 0 Å². The molecule has 0 radical (unpaired) electrons. The topological polar surface area (TPSA) is 85.9 Å². The Labute approximate surface area is 123 Å². The Kier molecular flexibility index (Phi) is 4.10. The smallest absolute Gasteiger partial charge is 0.261 e. The number of aromatic amines is 1. The minimum atomic E-state index is -0.739. The maximum Gasteiger partial charge on any atom is 0.261 e. The van der Waals surface area contributed by atoms with Gasteiger partial charge in [-0.2, -0.15) is 5.26 Å². The second-order valence-electron chi connectivity index (χ2n) is 4.75. The van der Waals surface area contributed by atoms with Crippen LogP contribution < -0.4 is 5.73 Å². The van der Waals surface area contributed by atoms with E-state index in [1.54, 1.807) is 19.0 Å². The molecule has 0 bridgehead atoms. The van der Waals surface area contributed by atoms with E-state index in [2.05, 4.69) is 4.98 Å². The summed E-state index contributed by atoms with van der Waals surface area (Å²) in [6, 6.07) is 15.4. The Hall–Kier alpha value is -3.00. The van der Waals surface area contributed by atoms with Crippen LogP contribution in [0, 0.1) is 11.3 Å². The van der Waals surface area contributed by atoms with E-state index in [0.717, 1.165) is 11.3 Å². The third-order valence-corrected chi connectivity index (χ3v) is 3.07. The van der Waals surface area contributed by atoms with Crippen LogP contribution in [0.4, 0.5) is 0 Å². The first-order valence-electron chi connectivity index (χ1n) is 6.41. The minimum Gasteiger partial charge on any atom is -0.375 e. The summed E-state index contributed by atoms with van der Waals surface area (Å²) in [4.78, 5) is 16.3. The highest BCUT2D eigenvalue weighted by molar-refractivity contribution is 6.03. The molecular weight excluding hydrogens is 264 g/mol. The molecule has 106 valence electrons. The maximum atomic E-state index is 11.4. The Morgan fingerprint density at radius 1 is 1.19 bits per heavy atom. The Morgan fingerprint density at radius 2 is 1.86 bits per heavy atom. The van der Waals surface area contributed by atoms with E-state index in [4.69, 9.17) is 11.0 Å². The molecule has 2 aromatic rings. The van der Waals surface area contributed by atoms with Crippen LogP contribution in [-0.2, 0) is 4.79 Å². The van der Waals surface area contributed by atoms with Crippen LogP contribution in [0.15, 0.2) is 48.0 Å². The lowest BCUT2D eigenvalue weighted by molar-refractivity contribution is -0.114. The van der Waals surface area contributed by atoms with Crippen molar-refractivity contribution in [2.24, 2.45) is 5.73 Å². The molecule has 0 aliphatic carbocycles. The monoisotopic (exact) mass is 280 g/mol. The van der Waals surface area contributed by atoms with Crippen LogP contribution in [0.3, 0.4) is 0 Å². The molecule has 1 amide bonds. The highest BCUT2D eigenvalue weighted by Crippen LogP contribution is 2.24. The van der Waals surface area contributed by atoms with Crippen molar-refractivity contribution in [2.75, 3.05) is 14.1 Å². The summed E-state index contributed by atoms with van der Waals surface area (Å²) in [7, 11) is 3.53. The van der Waals surface area contributed by atoms with Crippen LogP contribution >= 0.6 is 0 Å². The number of carbonyl (C=O) groups excluding carboxylic acids is 1. The van der Waals surface area contributed by atoms with Gasteiger partial charge in [0.15, 0.2) is 0 Å². The molecule has 2 rings (SSSR count). The predicted octanol–water partition coefficient (Wildman–Crippen LogP) is 1.96. The van der Waals surface area contributed by atoms with E-state index in [9.17, 15) is 4.79 Å². The molecule has 1 aromatic carbocycles. The molecule has 21 heavy (non-hydrogen) atoms. The molecule has 0 saturated heterocycles. The van der Waals surface area contributed by atoms with E-state index >= 15 is 0 Å². The number of amides is 1. The Bertz CT molecular complexity index is 720. The lowest BCUT2D eigenvalue weighted by atomic mass is 10.1. The van der Waals surface area contributed by atoms with Gasteiger partial charge in [0.05, 0.1) is 11.4 Å². The molecule has 5 heteroatoms. The number of hydrogen-bond acceptors (Lipinski definition) is 3. The number of nitriles is 1.